The fourth-order valence-electron chi connectivity index (χ4n) is 1.81. The molecular formula is C12H24N2O3. The van der Waals surface area contributed by atoms with E-state index in [1.165, 1.54) is 0 Å². The molecule has 0 aromatic heterocycles. The first-order chi connectivity index (χ1) is 8.06. The minimum Gasteiger partial charge on any atom is -0.465 e. The quantitative estimate of drug-likeness (QED) is 0.708. The summed E-state index contributed by atoms with van der Waals surface area (Å²) in [4.78, 5) is 13.9. The van der Waals surface area contributed by atoms with Gasteiger partial charge in [-0.3, -0.25) is 4.79 Å². The summed E-state index contributed by atoms with van der Waals surface area (Å²) in [5, 5.41) is 0. The summed E-state index contributed by atoms with van der Waals surface area (Å²) >= 11 is 0. The zero-order valence-corrected chi connectivity index (χ0v) is 10.9. The van der Waals surface area contributed by atoms with E-state index in [9.17, 15) is 4.79 Å². The van der Waals surface area contributed by atoms with Crippen LogP contribution in [0.1, 0.15) is 26.7 Å². The Hall–Kier alpha value is -0.650. The Labute approximate surface area is 103 Å². The fourth-order valence-corrected chi connectivity index (χ4v) is 1.81. The predicted molar refractivity (Wildman–Crippen MR) is 65.7 cm³/mol. The van der Waals surface area contributed by atoms with E-state index in [0.29, 0.717) is 13.0 Å². The molecule has 0 aromatic rings. The molecule has 0 aliphatic carbocycles. The third-order valence-corrected chi connectivity index (χ3v) is 3.00. The molecule has 17 heavy (non-hydrogen) atoms. The SMILES string of the molecule is CCOC(=O)C(C)(N)CCN1CCCOCC1. The molecule has 0 saturated carbocycles. The van der Waals surface area contributed by atoms with Crippen LogP contribution in [0.3, 0.4) is 0 Å². The van der Waals surface area contributed by atoms with Crippen molar-refractivity contribution in [2.24, 2.45) is 5.73 Å². The second-order valence-electron chi connectivity index (χ2n) is 4.70. The maximum Gasteiger partial charge on any atom is 0.325 e. The molecule has 5 heteroatoms. The summed E-state index contributed by atoms with van der Waals surface area (Å²) in [5.74, 6) is -0.314. The number of rotatable bonds is 5. The summed E-state index contributed by atoms with van der Waals surface area (Å²) < 4.78 is 10.3. The molecule has 1 unspecified atom stereocenters. The zero-order valence-electron chi connectivity index (χ0n) is 10.9. The van der Waals surface area contributed by atoms with Gasteiger partial charge >= 0.3 is 5.97 Å². The highest BCUT2D eigenvalue weighted by Gasteiger charge is 2.30. The molecule has 1 heterocycles. The number of hydrogen-bond donors (Lipinski definition) is 1. The highest BCUT2D eigenvalue weighted by Crippen LogP contribution is 2.10. The van der Waals surface area contributed by atoms with Crippen molar-refractivity contribution in [3.05, 3.63) is 0 Å². The van der Waals surface area contributed by atoms with Gasteiger partial charge in [-0.25, -0.2) is 0 Å². The van der Waals surface area contributed by atoms with Gasteiger partial charge in [0, 0.05) is 26.2 Å². The minimum atomic E-state index is -0.886. The van der Waals surface area contributed by atoms with Gasteiger partial charge in [0.1, 0.15) is 5.54 Å². The van der Waals surface area contributed by atoms with Crippen molar-refractivity contribution >= 4 is 5.97 Å². The molecule has 0 radical (unpaired) electrons. The minimum absolute atomic E-state index is 0.314. The van der Waals surface area contributed by atoms with Crippen LogP contribution in [0.4, 0.5) is 0 Å². The Kier molecular flexibility index (Phi) is 5.88. The number of carbonyl (C=O) groups excluding carboxylic acids is 1. The van der Waals surface area contributed by atoms with Gasteiger partial charge in [-0.1, -0.05) is 0 Å². The van der Waals surface area contributed by atoms with Crippen LogP contribution >= 0.6 is 0 Å². The molecule has 1 rings (SSSR count). The van der Waals surface area contributed by atoms with Crippen LogP contribution in [-0.2, 0) is 14.3 Å². The zero-order chi connectivity index (χ0) is 12.7. The van der Waals surface area contributed by atoms with E-state index in [-0.39, 0.29) is 5.97 Å². The summed E-state index contributed by atoms with van der Waals surface area (Å²) in [6.07, 6.45) is 1.66. The second kappa shape index (κ2) is 6.93. The van der Waals surface area contributed by atoms with Crippen molar-refractivity contribution in [3.63, 3.8) is 0 Å². The second-order valence-corrected chi connectivity index (χ2v) is 4.70. The van der Waals surface area contributed by atoms with E-state index in [1.54, 1.807) is 13.8 Å². The molecule has 5 nitrogen and oxygen atoms in total. The molecule has 1 fully saturated rings. The van der Waals surface area contributed by atoms with Crippen molar-refractivity contribution in [1.29, 1.82) is 0 Å². The van der Waals surface area contributed by atoms with Gasteiger partial charge in [0.2, 0.25) is 0 Å². The largest absolute Gasteiger partial charge is 0.465 e. The molecule has 0 aromatic carbocycles. The van der Waals surface area contributed by atoms with Crippen molar-refractivity contribution in [1.82, 2.24) is 4.90 Å². The average Bonchev–Trinajstić information content (AvgIpc) is 2.55. The Morgan fingerprint density at radius 3 is 2.94 bits per heavy atom. The van der Waals surface area contributed by atoms with Crippen LogP contribution in [0.2, 0.25) is 0 Å². The van der Waals surface area contributed by atoms with E-state index in [1.807, 2.05) is 0 Å². The fraction of sp³-hybridized carbons (Fsp3) is 0.917. The number of ether oxygens (including phenoxy) is 2. The summed E-state index contributed by atoms with van der Waals surface area (Å²) in [6.45, 7) is 8.24. The molecule has 0 amide bonds. The Bertz CT molecular complexity index is 236. The molecule has 1 atom stereocenters. The topological polar surface area (TPSA) is 64.8 Å². The maximum absolute atomic E-state index is 11.6. The van der Waals surface area contributed by atoms with Gasteiger partial charge in [0.05, 0.1) is 13.2 Å². The molecule has 1 saturated heterocycles. The lowest BCUT2D eigenvalue weighted by Gasteiger charge is -2.26. The highest BCUT2D eigenvalue weighted by molar-refractivity contribution is 5.79. The Balaban J connectivity index is 2.34. The lowest BCUT2D eigenvalue weighted by molar-refractivity contribution is -0.149. The van der Waals surface area contributed by atoms with Gasteiger partial charge in [0.25, 0.3) is 0 Å². The number of hydrogen-bond acceptors (Lipinski definition) is 5. The molecule has 2 N–H and O–H groups in total. The van der Waals surface area contributed by atoms with Crippen molar-refractivity contribution in [2.45, 2.75) is 32.2 Å². The van der Waals surface area contributed by atoms with Crippen molar-refractivity contribution in [2.75, 3.05) is 39.5 Å². The summed E-state index contributed by atoms with van der Waals surface area (Å²) in [6, 6.07) is 0. The monoisotopic (exact) mass is 244 g/mol. The summed E-state index contributed by atoms with van der Waals surface area (Å²) in [5.41, 5.74) is 5.08. The lowest BCUT2D eigenvalue weighted by atomic mass is 9.99. The van der Waals surface area contributed by atoms with Gasteiger partial charge in [-0.05, 0) is 26.7 Å². The Morgan fingerprint density at radius 2 is 2.24 bits per heavy atom. The predicted octanol–water partition coefficient (Wildman–Crippen LogP) is 0.379. The normalized spacial score (nSPS) is 21.6. The van der Waals surface area contributed by atoms with E-state index in [4.69, 9.17) is 15.2 Å². The standard InChI is InChI=1S/C12H24N2O3/c1-3-17-11(15)12(2,13)5-7-14-6-4-9-16-10-8-14/h3-10,13H2,1-2H3. The third-order valence-electron chi connectivity index (χ3n) is 3.00. The molecule has 1 aliphatic heterocycles. The van der Waals surface area contributed by atoms with E-state index in [0.717, 1.165) is 39.3 Å². The van der Waals surface area contributed by atoms with Crippen LogP contribution in [-0.4, -0.2) is 55.9 Å². The van der Waals surface area contributed by atoms with Crippen LogP contribution in [0.25, 0.3) is 0 Å². The maximum atomic E-state index is 11.6. The van der Waals surface area contributed by atoms with E-state index in [2.05, 4.69) is 4.90 Å². The van der Waals surface area contributed by atoms with Gasteiger partial charge in [-0.2, -0.15) is 0 Å². The van der Waals surface area contributed by atoms with Crippen molar-refractivity contribution < 1.29 is 14.3 Å². The van der Waals surface area contributed by atoms with Crippen LogP contribution in [0.15, 0.2) is 0 Å². The molecular weight excluding hydrogens is 220 g/mol. The first-order valence-corrected chi connectivity index (χ1v) is 6.32. The molecule has 1 aliphatic rings. The molecule has 0 spiro atoms. The highest BCUT2D eigenvalue weighted by atomic mass is 16.5. The summed E-state index contributed by atoms with van der Waals surface area (Å²) in [7, 11) is 0. The van der Waals surface area contributed by atoms with E-state index < -0.39 is 5.54 Å². The first kappa shape index (κ1) is 14.4. The van der Waals surface area contributed by atoms with Gasteiger partial charge in [0.15, 0.2) is 0 Å². The molecule has 0 bridgehead atoms. The lowest BCUT2D eigenvalue weighted by Crippen LogP contribution is -2.48. The van der Waals surface area contributed by atoms with Crippen LogP contribution < -0.4 is 5.73 Å². The van der Waals surface area contributed by atoms with Gasteiger partial charge in [-0.15, -0.1) is 0 Å². The van der Waals surface area contributed by atoms with E-state index >= 15 is 0 Å². The van der Waals surface area contributed by atoms with Gasteiger partial charge < -0.3 is 20.1 Å². The van der Waals surface area contributed by atoms with Crippen molar-refractivity contribution in [3.8, 4) is 0 Å². The number of nitrogens with zero attached hydrogens (tertiary/aromatic N) is 1. The third kappa shape index (κ3) is 5.02. The smallest absolute Gasteiger partial charge is 0.325 e. The number of nitrogens with two attached hydrogens (primary N) is 1. The average molecular weight is 244 g/mol. The number of carbonyl (C=O) groups is 1. The Morgan fingerprint density at radius 1 is 1.47 bits per heavy atom. The first-order valence-electron chi connectivity index (χ1n) is 6.32. The molecule has 100 valence electrons. The van der Waals surface area contributed by atoms with Crippen LogP contribution in [0.5, 0.6) is 0 Å². The number of esters is 1. The van der Waals surface area contributed by atoms with Crippen LogP contribution in [0, 0.1) is 0 Å².